The Kier molecular flexibility index (Phi) is 3.41. The van der Waals surface area contributed by atoms with Crippen molar-refractivity contribution in [1.29, 1.82) is 0 Å². The maximum absolute atomic E-state index is 10.9. The van der Waals surface area contributed by atoms with Crippen molar-refractivity contribution in [2.75, 3.05) is 5.73 Å². The average molecular weight is 249 g/mol. The number of hydrogen-bond acceptors (Lipinski definition) is 3. The van der Waals surface area contributed by atoms with Crippen LogP contribution in [-0.2, 0) is 11.1 Å². The van der Waals surface area contributed by atoms with E-state index in [9.17, 15) is 4.21 Å². The number of nitrogen functional groups attached to an aromatic ring is 1. The van der Waals surface area contributed by atoms with Crippen molar-refractivity contribution in [2.45, 2.75) is 4.90 Å². The van der Waals surface area contributed by atoms with Crippen LogP contribution in [0, 0.1) is 0 Å². The SMILES string of the molecule is Nc1cccc(Oc2cccc(S(=O)O)c2)c1. The van der Waals surface area contributed by atoms with Gasteiger partial charge in [0, 0.05) is 11.8 Å². The van der Waals surface area contributed by atoms with Gasteiger partial charge in [-0.2, -0.15) is 0 Å². The zero-order valence-corrected chi connectivity index (χ0v) is 9.68. The molecule has 0 saturated heterocycles. The summed E-state index contributed by atoms with van der Waals surface area (Å²) >= 11 is -2.01. The summed E-state index contributed by atoms with van der Waals surface area (Å²) in [4.78, 5) is 0.298. The van der Waals surface area contributed by atoms with Crippen molar-refractivity contribution >= 4 is 16.8 Å². The van der Waals surface area contributed by atoms with Crippen molar-refractivity contribution in [3.05, 3.63) is 48.5 Å². The number of ether oxygens (including phenoxy) is 1. The summed E-state index contributed by atoms with van der Waals surface area (Å²) in [7, 11) is 0. The highest BCUT2D eigenvalue weighted by molar-refractivity contribution is 7.79. The van der Waals surface area contributed by atoms with Crippen LogP contribution in [0.5, 0.6) is 11.5 Å². The van der Waals surface area contributed by atoms with Gasteiger partial charge in [-0.15, -0.1) is 0 Å². The predicted octanol–water partition coefficient (Wildman–Crippen LogP) is 2.64. The molecule has 2 aromatic rings. The van der Waals surface area contributed by atoms with E-state index in [2.05, 4.69) is 0 Å². The molecule has 4 nitrogen and oxygen atoms in total. The third kappa shape index (κ3) is 3.05. The second-order valence-electron chi connectivity index (χ2n) is 3.40. The number of rotatable bonds is 3. The third-order valence-electron chi connectivity index (χ3n) is 2.10. The molecule has 0 bridgehead atoms. The monoisotopic (exact) mass is 249 g/mol. The lowest BCUT2D eigenvalue weighted by Crippen LogP contribution is -1.91. The molecule has 1 atom stereocenters. The molecule has 0 heterocycles. The molecular formula is C12H11NO3S. The first kappa shape index (κ1) is 11.6. The van der Waals surface area contributed by atoms with Crippen molar-refractivity contribution in [1.82, 2.24) is 0 Å². The Bertz CT molecular complexity index is 557. The second kappa shape index (κ2) is 4.99. The lowest BCUT2D eigenvalue weighted by atomic mass is 10.3. The zero-order chi connectivity index (χ0) is 12.3. The molecule has 0 amide bonds. The molecule has 2 rings (SSSR count). The highest BCUT2D eigenvalue weighted by Crippen LogP contribution is 2.24. The summed E-state index contributed by atoms with van der Waals surface area (Å²) in [5, 5.41) is 0. The van der Waals surface area contributed by atoms with Gasteiger partial charge in [-0.25, -0.2) is 4.21 Å². The van der Waals surface area contributed by atoms with Gasteiger partial charge in [0.25, 0.3) is 0 Å². The molecule has 5 heteroatoms. The van der Waals surface area contributed by atoms with Gasteiger partial charge in [0.15, 0.2) is 11.1 Å². The van der Waals surface area contributed by atoms with Gasteiger partial charge < -0.3 is 15.0 Å². The molecule has 0 spiro atoms. The lowest BCUT2D eigenvalue weighted by molar-refractivity contribution is 0.480. The van der Waals surface area contributed by atoms with Crippen LogP contribution in [0.15, 0.2) is 53.4 Å². The predicted molar refractivity (Wildman–Crippen MR) is 66.4 cm³/mol. The van der Waals surface area contributed by atoms with Crippen LogP contribution in [0.4, 0.5) is 5.69 Å². The second-order valence-corrected chi connectivity index (χ2v) is 4.37. The van der Waals surface area contributed by atoms with E-state index in [0.717, 1.165) is 0 Å². The molecule has 0 radical (unpaired) electrons. The van der Waals surface area contributed by atoms with E-state index >= 15 is 0 Å². The molecule has 0 aliphatic carbocycles. The van der Waals surface area contributed by atoms with Crippen molar-refractivity contribution in [3.63, 3.8) is 0 Å². The number of hydrogen-bond donors (Lipinski definition) is 2. The van der Waals surface area contributed by atoms with Gasteiger partial charge in [0.2, 0.25) is 0 Å². The van der Waals surface area contributed by atoms with E-state index in [0.29, 0.717) is 22.1 Å². The van der Waals surface area contributed by atoms with Crippen molar-refractivity contribution < 1.29 is 13.5 Å². The Morgan fingerprint density at radius 3 is 2.35 bits per heavy atom. The smallest absolute Gasteiger partial charge is 0.186 e. The van der Waals surface area contributed by atoms with E-state index in [4.69, 9.17) is 15.0 Å². The summed E-state index contributed by atoms with van der Waals surface area (Å²) in [6.45, 7) is 0. The van der Waals surface area contributed by atoms with E-state index in [1.54, 1.807) is 42.5 Å². The van der Waals surface area contributed by atoms with E-state index in [1.807, 2.05) is 0 Å². The standard InChI is InChI=1S/C12H11NO3S/c13-9-3-1-4-10(7-9)16-11-5-2-6-12(8-11)17(14)15/h1-8H,13H2,(H,14,15). The molecule has 1 unspecified atom stereocenters. The van der Waals surface area contributed by atoms with Crippen molar-refractivity contribution in [3.8, 4) is 11.5 Å². The molecule has 17 heavy (non-hydrogen) atoms. The minimum atomic E-state index is -2.01. The summed E-state index contributed by atoms with van der Waals surface area (Å²) in [5.41, 5.74) is 6.22. The van der Waals surface area contributed by atoms with E-state index in [-0.39, 0.29) is 0 Å². The van der Waals surface area contributed by atoms with Crippen LogP contribution in [-0.4, -0.2) is 8.76 Å². The third-order valence-corrected chi connectivity index (χ3v) is 2.76. The van der Waals surface area contributed by atoms with Gasteiger partial charge in [0.05, 0.1) is 4.90 Å². The Morgan fingerprint density at radius 1 is 1.06 bits per heavy atom. The Morgan fingerprint density at radius 2 is 1.71 bits per heavy atom. The first-order valence-electron chi connectivity index (χ1n) is 4.89. The molecule has 2 aromatic carbocycles. The zero-order valence-electron chi connectivity index (χ0n) is 8.87. The van der Waals surface area contributed by atoms with Gasteiger partial charge in [-0.05, 0) is 30.3 Å². The molecule has 0 aromatic heterocycles. The fraction of sp³-hybridized carbons (Fsp3) is 0. The van der Waals surface area contributed by atoms with Crippen LogP contribution in [0.2, 0.25) is 0 Å². The Hall–Kier alpha value is -1.85. The minimum Gasteiger partial charge on any atom is -0.457 e. The van der Waals surface area contributed by atoms with Gasteiger partial charge in [-0.3, -0.25) is 0 Å². The maximum atomic E-state index is 10.9. The van der Waals surface area contributed by atoms with Crippen LogP contribution in [0.3, 0.4) is 0 Å². The number of nitrogens with two attached hydrogens (primary N) is 1. The topological polar surface area (TPSA) is 72.5 Å². The van der Waals surface area contributed by atoms with Crippen LogP contribution >= 0.6 is 0 Å². The first-order chi connectivity index (χ1) is 8.15. The molecular weight excluding hydrogens is 238 g/mol. The molecule has 0 fully saturated rings. The van der Waals surface area contributed by atoms with Crippen LogP contribution in [0.1, 0.15) is 0 Å². The largest absolute Gasteiger partial charge is 0.457 e. The summed E-state index contributed by atoms with van der Waals surface area (Å²) in [5.74, 6) is 1.08. The highest BCUT2D eigenvalue weighted by atomic mass is 32.2. The van der Waals surface area contributed by atoms with Gasteiger partial charge in [-0.1, -0.05) is 12.1 Å². The quantitative estimate of drug-likeness (QED) is 0.648. The van der Waals surface area contributed by atoms with Crippen LogP contribution in [0.25, 0.3) is 0 Å². The van der Waals surface area contributed by atoms with E-state index in [1.165, 1.54) is 6.07 Å². The Labute approximate surface area is 101 Å². The van der Waals surface area contributed by atoms with Gasteiger partial charge >= 0.3 is 0 Å². The minimum absolute atomic E-state index is 0.298. The Balaban J connectivity index is 2.24. The average Bonchev–Trinajstić information content (AvgIpc) is 2.29. The summed E-state index contributed by atoms with van der Waals surface area (Å²) in [6.07, 6.45) is 0. The highest BCUT2D eigenvalue weighted by Gasteiger charge is 2.03. The molecule has 88 valence electrons. The molecule has 3 N–H and O–H groups in total. The fourth-order valence-corrected chi connectivity index (χ4v) is 1.77. The number of benzene rings is 2. The lowest BCUT2D eigenvalue weighted by Gasteiger charge is -2.06. The first-order valence-corrected chi connectivity index (χ1v) is 6.00. The molecule has 0 aliphatic rings. The fourth-order valence-electron chi connectivity index (χ4n) is 1.36. The van der Waals surface area contributed by atoms with Crippen molar-refractivity contribution in [2.24, 2.45) is 0 Å². The number of anilines is 1. The van der Waals surface area contributed by atoms with Crippen LogP contribution < -0.4 is 10.5 Å². The molecule has 0 saturated carbocycles. The maximum Gasteiger partial charge on any atom is 0.186 e. The van der Waals surface area contributed by atoms with E-state index < -0.39 is 11.1 Å². The van der Waals surface area contributed by atoms with Gasteiger partial charge in [0.1, 0.15) is 11.5 Å². The summed E-state index contributed by atoms with van der Waals surface area (Å²) in [6, 6.07) is 13.4. The summed E-state index contributed by atoms with van der Waals surface area (Å²) < 4.78 is 25.4. The normalized spacial score (nSPS) is 12.1. The molecule has 0 aliphatic heterocycles.